The minimum absolute atomic E-state index is 0.574. The van der Waals surface area contributed by atoms with Gasteiger partial charge in [-0.1, -0.05) is 46.4 Å². The predicted octanol–water partition coefficient (Wildman–Crippen LogP) is 1.71. The van der Waals surface area contributed by atoms with Crippen molar-refractivity contribution in [3.63, 3.8) is 0 Å². The molecule has 0 aromatic rings. The maximum atomic E-state index is 3.59. The number of hydrogen-bond donors (Lipinski definition) is 2. The fraction of sp³-hybridized carbons (Fsp3) is 0.800. The van der Waals surface area contributed by atoms with Crippen molar-refractivity contribution in [2.45, 2.75) is 53.1 Å². The number of nitrogens with one attached hydrogen (secondary N) is 2. The van der Waals surface area contributed by atoms with Crippen LogP contribution >= 0.6 is 0 Å². The average molecular weight is 200 g/mol. The molecule has 0 aliphatic heterocycles. The van der Waals surface area contributed by atoms with E-state index >= 15 is 0 Å². The molecule has 0 fully saturated rings. The molecule has 0 aliphatic carbocycles. The Morgan fingerprint density at radius 1 is 1.08 bits per heavy atom. The normalized spacial score (nSPS) is 12.6. The van der Waals surface area contributed by atoms with Crippen molar-refractivity contribution in [1.82, 2.24) is 9.96 Å². The van der Waals surface area contributed by atoms with Crippen LogP contribution in [0.25, 0.3) is 0 Å². The lowest BCUT2D eigenvalue weighted by Crippen LogP contribution is -2.51. The lowest BCUT2D eigenvalue weighted by atomic mass is 10.4. The first-order chi connectivity index (χ1) is 6.06. The Kier molecular flexibility index (Phi) is 7.23. The quantitative estimate of drug-likeness (QED) is 0.638. The van der Waals surface area contributed by atoms with Crippen LogP contribution in [0, 0.1) is 0 Å². The SMILES string of the molecule is CCC=C[SiH](NC(C)C)NC(C)C. The molecule has 0 heterocycles. The van der Waals surface area contributed by atoms with Crippen molar-refractivity contribution in [3.8, 4) is 0 Å². The molecule has 78 valence electrons. The standard InChI is InChI=1S/C10H24N2Si/c1-6-7-8-13(11-9(2)3)12-10(4)5/h7-13H,6H2,1-5H3. The third-order valence-corrected chi connectivity index (χ3v) is 4.30. The number of rotatable bonds is 6. The lowest BCUT2D eigenvalue weighted by molar-refractivity contribution is 0.688. The van der Waals surface area contributed by atoms with E-state index < -0.39 is 9.12 Å². The zero-order chi connectivity index (χ0) is 10.3. The van der Waals surface area contributed by atoms with Crippen molar-refractivity contribution >= 4 is 9.12 Å². The van der Waals surface area contributed by atoms with E-state index in [0.717, 1.165) is 6.42 Å². The maximum Gasteiger partial charge on any atom is 0.210 e. The second-order valence-electron chi connectivity index (χ2n) is 3.96. The molecule has 0 bridgehead atoms. The van der Waals surface area contributed by atoms with E-state index in [-0.39, 0.29) is 0 Å². The summed E-state index contributed by atoms with van der Waals surface area (Å²) in [5, 5.41) is 0. The molecule has 0 radical (unpaired) electrons. The Labute approximate surface area is 84.6 Å². The molecular weight excluding hydrogens is 176 g/mol. The third kappa shape index (κ3) is 8.21. The molecule has 0 saturated carbocycles. The van der Waals surface area contributed by atoms with Gasteiger partial charge in [-0.25, -0.2) is 0 Å². The highest BCUT2D eigenvalue weighted by molar-refractivity contribution is 6.59. The second-order valence-corrected chi connectivity index (χ2v) is 5.96. The van der Waals surface area contributed by atoms with Gasteiger partial charge in [-0.3, -0.25) is 0 Å². The van der Waals surface area contributed by atoms with Gasteiger partial charge >= 0.3 is 0 Å². The van der Waals surface area contributed by atoms with Crippen LogP contribution in [0.3, 0.4) is 0 Å². The van der Waals surface area contributed by atoms with Gasteiger partial charge in [0.05, 0.1) is 0 Å². The molecule has 0 rings (SSSR count). The Bertz CT molecular complexity index is 134. The first kappa shape index (κ1) is 12.9. The van der Waals surface area contributed by atoms with Crippen molar-refractivity contribution in [3.05, 3.63) is 11.8 Å². The van der Waals surface area contributed by atoms with Crippen LogP contribution in [0.15, 0.2) is 11.8 Å². The average Bonchev–Trinajstić information content (AvgIpc) is 1.98. The molecule has 2 nitrogen and oxygen atoms in total. The summed E-state index contributed by atoms with van der Waals surface area (Å²) < 4.78 is 0. The lowest BCUT2D eigenvalue weighted by Gasteiger charge is -2.20. The Morgan fingerprint density at radius 2 is 1.54 bits per heavy atom. The summed E-state index contributed by atoms with van der Waals surface area (Å²) in [6.45, 7) is 11.0. The molecule has 2 N–H and O–H groups in total. The first-order valence-corrected chi connectivity index (χ1v) is 7.07. The highest BCUT2D eigenvalue weighted by atomic mass is 28.3. The largest absolute Gasteiger partial charge is 0.323 e. The van der Waals surface area contributed by atoms with Crippen molar-refractivity contribution < 1.29 is 0 Å². The first-order valence-electron chi connectivity index (χ1n) is 5.25. The van der Waals surface area contributed by atoms with E-state index in [0.29, 0.717) is 12.1 Å². The Hall–Kier alpha value is -0.123. The molecule has 0 saturated heterocycles. The predicted molar refractivity (Wildman–Crippen MR) is 63.1 cm³/mol. The monoisotopic (exact) mass is 200 g/mol. The van der Waals surface area contributed by atoms with Gasteiger partial charge < -0.3 is 9.96 Å². The second kappa shape index (κ2) is 7.30. The molecule has 3 heteroatoms. The topological polar surface area (TPSA) is 24.1 Å². The van der Waals surface area contributed by atoms with E-state index in [1.807, 2.05) is 0 Å². The van der Waals surface area contributed by atoms with Gasteiger partial charge in [0.15, 0.2) is 0 Å². The summed E-state index contributed by atoms with van der Waals surface area (Å²) in [5.74, 6) is 0. The van der Waals surface area contributed by atoms with Crippen LogP contribution in [-0.4, -0.2) is 21.2 Å². The zero-order valence-electron chi connectivity index (χ0n) is 9.59. The molecule has 13 heavy (non-hydrogen) atoms. The molecule has 0 unspecified atom stereocenters. The van der Waals surface area contributed by atoms with Gasteiger partial charge in [-0.15, -0.1) is 0 Å². The molecular formula is C10H24N2Si. The van der Waals surface area contributed by atoms with Gasteiger partial charge in [0.1, 0.15) is 0 Å². The van der Waals surface area contributed by atoms with Crippen molar-refractivity contribution in [1.29, 1.82) is 0 Å². The van der Waals surface area contributed by atoms with Crippen LogP contribution in [0.2, 0.25) is 0 Å². The summed E-state index contributed by atoms with van der Waals surface area (Å²) in [7, 11) is -1.05. The van der Waals surface area contributed by atoms with E-state index in [9.17, 15) is 0 Å². The summed E-state index contributed by atoms with van der Waals surface area (Å²) in [6.07, 6.45) is 3.38. The Balaban J connectivity index is 3.95. The van der Waals surface area contributed by atoms with Crippen LogP contribution in [0.4, 0.5) is 0 Å². The molecule has 0 spiro atoms. The minimum Gasteiger partial charge on any atom is -0.323 e. The molecule has 0 aliphatic rings. The van der Waals surface area contributed by atoms with Gasteiger partial charge in [0, 0.05) is 0 Å². The van der Waals surface area contributed by atoms with Crippen LogP contribution in [0.5, 0.6) is 0 Å². The van der Waals surface area contributed by atoms with Crippen LogP contribution in [0.1, 0.15) is 41.0 Å². The van der Waals surface area contributed by atoms with E-state index in [2.05, 4.69) is 56.4 Å². The summed E-state index contributed by atoms with van der Waals surface area (Å²) in [6, 6.07) is 1.15. The van der Waals surface area contributed by atoms with E-state index in [4.69, 9.17) is 0 Å². The van der Waals surface area contributed by atoms with E-state index in [1.165, 1.54) is 0 Å². The van der Waals surface area contributed by atoms with Crippen LogP contribution < -0.4 is 9.96 Å². The zero-order valence-corrected chi connectivity index (χ0v) is 10.7. The van der Waals surface area contributed by atoms with Crippen molar-refractivity contribution in [2.75, 3.05) is 0 Å². The minimum atomic E-state index is -1.05. The number of hydrogen-bond acceptors (Lipinski definition) is 2. The van der Waals surface area contributed by atoms with Gasteiger partial charge in [0.25, 0.3) is 0 Å². The summed E-state index contributed by atoms with van der Waals surface area (Å²) >= 11 is 0. The molecule has 0 amide bonds. The fourth-order valence-electron chi connectivity index (χ4n) is 1.15. The highest BCUT2D eigenvalue weighted by Gasteiger charge is 2.08. The molecule has 0 atom stereocenters. The fourth-order valence-corrected chi connectivity index (χ4v) is 3.45. The third-order valence-electron chi connectivity index (χ3n) is 1.59. The van der Waals surface area contributed by atoms with E-state index in [1.54, 1.807) is 0 Å². The smallest absolute Gasteiger partial charge is 0.210 e. The van der Waals surface area contributed by atoms with Gasteiger partial charge in [-0.2, -0.15) is 0 Å². The highest BCUT2D eigenvalue weighted by Crippen LogP contribution is 1.88. The molecule has 0 aromatic heterocycles. The maximum absolute atomic E-state index is 3.59. The Morgan fingerprint density at radius 3 is 1.85 bits per heavy atom. The number of allylic oxidation sites excluding steroid dienone is 1. The van der Waals surface area contributed by atoms with Crippen molar-refractivity contribution in [2.24, 2.45) is 0 Å². The summed E-state index contributed by atoms with van der Waals surface area (Å²) in [5.41, 5.74) is 2.33. The van der Waals surface area contributed by atoms with Crippen LogP contribution in [-0.2, 0) is 0 Å². The van der Waals surface area contributed by atoms with Gasteiger partial charge in [0.2, 0.25) is 9.12 Å². The van der Waals surface area contributed by atoms with Gasteiger partial charge in [-0.05, 0) is 18.5 Å². The molecule has 0 aromatic carbocycles. The summed E-state index contributed by atoms with van der Waals surface area (Å²) in [4.78, 5) is 7.17.